The van der Waals surface area contributed by atoms with Crippen LogP contribution in [0, 0.1) is 0 Å². The molecule has 0 saturated heterocycles. The first-order valence-corrected chi connectivity index (χ1v) is 6.64. The fourth-order valence-electron chi connectivity index (χ4n) is 2.29. The normalized spacial score (nSPS) is 11.4. The van der Waals surface area contributed by atoms with Gasteiger partial charge in [-0.1, -0.05) is 30.3 Å². The number of hydrogen-bond donors (Lipinski definition) is 2. The number of phenols is 1. The average Bonchev–Trinajstić information content (AvgIpc) is 2.40. The summed E-state index contributed by atoms with van der Waals surface area (Å²) in [6.07, 6.45) is 0. The predicted molar refractivity (Wildman–Crippen MR) is 78.8 cm³/mol. The highest BCUT2D eigenvalue weighted by molar-refractivity contribution is 5.87. The number of carboxylic acids is 1. The van der Waals surface area contributed by atoms with Crippen molar-refractivity contribution in [3.05, 3.63) is 42.0 Å². The Morgan fingerprint density at radius 3 is 2.55 bits per heavy atom. The molecule has 0 aromatic heterocycles. The van der Waals surface area contributed by atoms with Crippen molar-refractivity contribution >= 4 is 16.7 Å². The van der Waals surface area contributed by atoms with Gasteiger partial charge in [-0.25, -0.2) is 0 Å². The molecule has 0 aliphatic heterocycles. The maximum atomic E-state index is 10.9. The molecule has 4 nitrogen and oxygen atoms in total. The molecule has 2 aromatic rings. The van der Waals surface area contributed by atoms with Gasteiger partial charge in [0.1, 0.15) is 5.75 Å². The molecule has 0 unspecified atom stereocenters. The molecule has 106 valence electrons. The van der Waals surface area contributed by atoms with E-state index in [2.05, 4.69) is 0 Å². The second kappa shape index (κ2) is 5.92. The first kappa shape index (κ1) is 14.3. The van der Waals surface area contributed by atoms with Gasteiger partial charge in [0.05, 0.1) is 6.54 Å². The highest BCUT2D eigenvalue weighted by atomic mass is 16.4. The Balaban J connectivity index is 2.41. The van der Waals surface area contributed by atoms with Gasteiger partial charge in [-0.3, -0.25) is 9.69 Å². The van der Waals surface area contributed by atoms with Crippen molar-refractivity contribution in [3.63, 3.8) is 0 Å². The fraction of sp³-hybridized carbons (Fsp3) is 0.312. The van der Waals surface area contributed by atoms with Crippen molar-refractivity contribution in [3.8, 4) is 5.75 Å². The maximum absolute atomic E-state index is 10.9. The van der Waals surface area contributed by atoms with E-state index in [1.807, 2.05) is 49.1 Å². The van der Waals surface area contributed by atoms with Crippen molar-refractivity contribution in [2.45, 2.75) is 26.4 Å². The van der Waals surface area contributed by atoms with Gasteiger partial charge in [-0.05, 0) is 30.7 Å². The van der Waals surface area contributed by atoms with Crippen LogP contribution in [-0.2, 0) is 11.3 Å². The Kier molecular flexibility index (Phi) is 4.25. The number of carbonyl (C=O) groups is 1. The summed E-state index contributed by atoms with van der Waals surface area (Å²) in [5, 5.41) is 21.1. The van der Waals surface area contributed by atoms with E-state index in [4.69, 9.17) is 5.11 Å². The van der Waals surface area contributed by atoms with Gasteiger partial charge in [-0.2, -0.15) is 0 Å². The summed E-state index contributed by atoms with van der Waals surface area (Å²) in [4.78, 5) is 12.8. The van der Waals surface area contributed by atoms with Gasteiger partial charge in [-0.15, -0.1) is 0 Å². The Morgan fingerprint density at radius 2 is 1.90 bits per heavy atom. The van der Waals surface area contributed by atoms with E-state index in [9.17, 15) is 9.90 Å². The monoisotopic (exact) mass is 273 g/mol. The molecule has 20 heavy (non-hydrogen) atoms. The molecule has 2 N–H and O–H groups in total. The van der Waals surface area contributed by atoms with E-state index in [0.29, 0.717) is 6.54 Å². The number of aliphatic carboxylic acids is 1. The van der Waals surface area contributed by atoms with Crippen LogP contribution in [0.4, 0.5) is 0 Å². The van der Waals surface area contributed by atoms with Crippen molar-refractivity contribution < 1.29 is 15.0 Å². The number of hydrogen-bond acceptors (Lipinski definition) is 3. The fourth-order valence-corrected chi connectivity index (χ4v) is 2.29. The molecular weight excluding hydrogens is 254 g/mol. The molecule has 0 heterocycles. The van der Waals surface area contributed by atoms with E-state index in [1.165, 1.54) is 0 Å². The predicted octanol–water partition coefficient (Wildman–Crippen LogP) is 2.84. The summed E-state index contributed by atoms with van der Waals surface area (Å²) in [6, 6.07) is 11.4. The quantitative estimate of drug-likeness (QED) is 0.879. The highest BCUT2D eigenvalue weighted by Gasteiger charge is 2.17. The van der Waals surface area contributed by atoms with Crippen LogP contribution in [0.2, 0.25) is 0 Å². The zero-order valence-electron chi connectivity index (χ0n) is 11.7. The van der Waals surface area contributed by atoms with E-state index >= 15 is 0 Å². The third-order valence-corrected chi connectivity index (χ3v) is 3.45. The number of carboxylic acid groups (broad SMARTS) is 1. The summed E-state index contributed by atoms with van der Waals surface area (Å²) in [6.45, 7) is 4.27. The summed E-state index contributed by atoms with van der Waals surface area (Å²) in [5.74, 6) is -0.654. The first-order chi connectivity index (χ1) is 9.49. The SMILES string of the molecule is CC(C)N(CC(=O)O)Cc1c(O)ccc2ccccc12. The number of nitrogens with zero attached hydrogens (tertiary/aromatic N) is 1. The zero-order valence-corrected chi connectivity index (χ0v) is 11.7. The third-order valence-electron chi connectivity index (χ3n) is 3.45. The molecule has 0 bridgehead atoms. The van der Waals surface area contributed by atoms with Gasteiger partial charge < -0.3 is 10.2 Å². The van der Waals surface area contributed by atoms with Crippen molar-refractivity contribution in [1.29, 1.82) is 0 Å². The van der Waals surface area contributed by atoms with Crippen LogP contribution in [0.15, 0.2) is 36.4 Å². The van der Waals surface area contributed by atoms with E-state index in [1.54, 1.807) is 6.07 Å². The molecule has 0 fully saturated rings. The Labute approximate surface area is 118 Å². The molecular formula is C16H19NO3. The van der Waals surface area contributed by atoms with E-state index < -0.39 is 5.97 Å². The van der Waals surface area contributed by atoms with Crippen LogP contribution >= 0.6 is 0 Å². The number of fused-ring (bicyclic) bond motifs is 1. The first-order valence-electron chi connectivity index (χ1n) is 6.64. The van der Waals surface area contributed by atoms with Crippen molar-refractivity contribution in [2.24, 2.45) is 0 Å². The lowest BCUT2D eigenvalue weighted by atomic mass is 10.0. The van der Waals surface area contributed by atoms with Crippen LogP contribution in [0.25, 0.3) is 10.8 Å². The molecule has 0 aliphatic rings. The third kappa shape index (κ3) is 3.08. The average molecular weight is 273 g/mol. The van der Waals surface area contributed by atoms with Crippen LogP contribution in [0.5, 0.6) is 5.75 Å². The summed E-state index contributed by atoms with van der Waals surface area (Å²) >= 11 is 0. The lowest BCUT2D eigenvalue weighted by molar-refractivity contribution is -0.138. The molecule has 2 rings (SSSR count). The van der Waals surface area contributed by atoms with Gasteiger partial charge in [0, 0.05) is 18.2 Å². The Bertz CT molecular complexity index is 622. The summed E-state index contributed by atoms with van der Waals surface area (Å²) < 4.78 is 0. The number of aromatic hydroxyl groups is 1. The number of rotatable bonds is 5. The largest absolute Gasteiger partial charge is 0.508 e. The number of benzene rings is 2. The molecule has 0 atom stereocenters. The van der Waals surface area contributed by atoms with Gasteiger partial charge in [0.2, 0.25) is 0 Å². The summed E-state index contributed by atoms with van der Waals surface area (Å²) in [5.41, 5.74) is 0.776. The maximum Gasteiger partial charge on any atom is 0.317 e. The van der Waals surface area contributed by atoms with Crippen LogP contribution in [0.1, 0.15) is 19.4 Å². The highest BCUT2D eigenvalue weighted by Crippen LogP contribution is 2.28. The minimum atomic E-state index is -0.863. The van der Waals surface area contributed by atoms with Gasteiger partial charge in [0.25, 0.3) is 0 Å². The molecule has 0 saturated carbocycles. The molecule has 0 spiro atoms. The minimum Gasteiger partial charge on any atom is -0.508 e. The zero-order chi connectivity index (χ0) is 14.7. The topological polar surface area (TPSA) is 60.8 Å². The lowest BCUT2D eigenvalue weighted by Crippen LogP contribution is -2.35. The Hall–Kier alpha value is -2.07. The van der Waals surface area contributed by atoms with Gasteiger partial charge >= 0.3 is 5.97 Å². The lowest BCUT2D eigenvalue weighted by Gasteiger charge is -2.25. The second-order valence-corrected chi connectivity index (χ2v) is 5.18. The van der Waals surface area contributed by atoms with Gasteiger partial charge in [0.15, 0.2) is 0 Å². The standard InChI is InChI=1S/C16H19NO3/c1-11(2)17(10-16(19)20)9-14-13-6-4-3-5-12(13)7-8-15(14)18/h3-8,11,18H,9-10H2,1-2H3,(H,19,20). The Morgan fingerprint density at radius 1 is 1.20 bits per heavy atom. The number of phenolic OH excluding ortho intramolecular Hbond substituents is 1. The van der Waals surface area contributed by atoms with E-state index in [0.717, 1.165) is 16.3 Å². The smallest absolute Gasteiger partial charge is 0.317 e. The second-order valence-electron chi connectivity index (χ2n) is 5.18. The molecule has 4 heteroatoms. The van der Waals surface area contributed by atoms with Crippen LogP contribution in [0.3, 0.4) is 0 Å². The molecule has 0 amide bonds. The van der Waals surface area contributed by atoms with Crippen LogP contribution < -0.4 is 0 Å². The minimum absolute atomic E-state index is 0.0413. The van der Waals surface area contributed by atoms with Crippen molar-refractivity contribution in [1.82, 2.24) is 4.90 Å². The van der Waals surface area contributed by atoms with Crippen LogP contribution in [-0.4, -0.2) is 33.7 Å². The van der Waals surface area contributed by atoms with E-state index in [-0.39, 0.29) is 18.3 Å². The molecule has 2 aromatic carbocycles. The van der Waals surface area contributed by atoms with Crippen molar-refractivity contribution in [2.75, 3.05) is 6.54 Å². The summed E-state index contributed by atoms with van der Waals surface area (Å²) in [7, 11) is 0. The molecule has 0 aliphatic carbocycles. The molecule has 0 radical (unpaired) electrons.